The van der Waals surface area contributed by atoms with Gasteiger partial charge >= 0.3 is 12.0 Å². The summed E-state index contributed by atoms with van der Waals surface area (Å²) >= 11 is 0. The van der Waals surface area contributed by atoms with Crippen LogP contribution in [0.25, 0.3) is 0 Å². The molecule has 27 heavy (non-hydrogen) atoms. The lowest BCUT2D eigenvalue weighted by Gasteiger charge is -2.32. The lowest BCUT2D eigenvalue weighted by molar-refractivity contribution is -0.539. The van der Waals surface area contributed by atoms with Crippen LogP contribution in [0.1, 0.15) is 6.42 Å². The van der Waals surface area contributed by atoms with E-state index >= 15 is 0 Å². The molecule has 1 aromatic carbocycles. The number of guanidine groups is 1. The van der Waals surface area contributed by atoms with Crippen molar-refractivity contribution in [2.24, 2.45) is 4.99 Å². The van der Waals surface area contributed by atoms with Crippen LogP contribution in [0.2, 0.25) is 0 Å². The number of rotatable bonds is 3. The minimum atomic E-state index is -0.577. The number of amidine groups is 1. The number of hydrogen-bond donors (Lipinski definition) is 0. The van der Waals surface area contributed by atoms with Gasteiger partial charge in [0.2, 0.25) is 11.9 Å². The Morgan fingerprint density at radius 1 is 1.15 bits per heavy atom. The van der Waals surface area contributed by atoms with Gasteiger partial charge in [0.1, 0.15) is 11.4 Å². The second-order valence-electron chi connectivity index (χ2n) is 6.65. The van der Waals surface area contributed by atoms with Crippen molar-refractivity contribution in [3.63, 3.8) is 0 Å². The van der Waals surface area contributed by atoms with Crippen LogP contribution in [0.15, 0.2) is 23.2 Å². The Morgan fingerprint density at radius 2 is 1.93 bits per heavy atom. The first-order valence-corrected chi connectivity index (χ1v) is 8.75. The molecule has 0 saturated carbocycles. The number of imide groups is 1. The molecule has 9 nitrogen and oxygen atoms in total. The highest BCUT2D eigenvalue weighted by Crippen LogP contribution is 2.35. The molecule has 1 saturated heterocycles. The van der Waals surface area contributed by atoms with E-state index < -0.39 is 6.04 Å². The third-order valence-electron chi connectivity index (χ3n) is 5.21. The fraction of sp³-hybridized carbons (Fsp3) is 0.444. The van der Waals surface area contributed by atoms with Crippen LogP contribution in [0.5, 0.6) is 11.5 Å². The molecule has 3 heterocycles. The Hall–Kier alpha value is -3.10. The molecule has 1 unspecified atom stereocenters. The van der Waals surface area contributed by atoms with Gasteiger partial charge < -0.3 is 9.47 Å². The summed E-state index contributed by atoms with van der Waals surface area (Å²) in [4.78, 5) is 34.3. The Morgan fingerprint density at radius 3 is 2.63 bits per heavy atom. The van der Waals surface area contributed by atoms with Crippen LogP contribution in [0.3, 0.4) is 0 Å². The molecular weight excluding hydrogens is 350 g/mol. The molecule has 0 aliphatic carbocycles. The molecule has 9 heteroatoms. The number of methoxy groups -OCH3 is 2. The van der Waals surface area contributed by atoms with Crippen molar-refractivity contribution >= 4 is 29.4 Å². The van der Waals surface area contributed by atoms with E-state index in [9.17, 15) is 9.59 Å². The smallest absolute Gasteiger partial charge is 0.397 e. The highest BCUT2D eigenvalue weighted by molar-refractivity contribution is 6.24. The predicted octanol–water partition coefficient (Wildman–Crippen LogP) is 0.587. The molecule has 0 N–H and O–H groups in total. The maximum absolute atomic E-state index is 12.8. The number of carbonyl (C=O) groups excluding carboxylic acids is 2. The minimum Gasteiger partial charge on any atom is -0.497 e. The lowest BCUT2D eigenvalue weighted by Crippen LogP contribution is -2.62. The zero-order valence-corrected chi connectivity index (χ0v) is 15.8. The number of fused-ring (bicyclic) bond motifs is 2. The quantitative estimate of drug-likeness (QED) is 0.726. The number of likely N-dealkylation sites (N-methyl/N-ethyl adjacent to an activating group) is 2. The number of urea groups is 1. The van der Waals surface area contributed by atoms with Gasteiger partial charge in [-0.05, 0) is 12.1 Å². The molecule has 1 aromatic rings. The van der Waals surface area contributed by atoms with Crippen molar-refractivity contribution in [1.29, 1.82) is 0 Å². The van der Waals surface area contributed by atoms with E-state index in [-0.39, 0.29) is 11.9 Å². The van der Waals surface area contributed by atoms with E-state index in [2.05, 4.69) is 4.99 Å². The first-order chi connectivity index (χ1) is 13.0. The van der Waals surface area contributed by atoms with E-state index in [0.717, 1.165) is 23.6 Å². The van der Waals surface area contributed by atoms with Crippen LogP contribution in [0.4, 0.5) is 10.5 Å². The van der Waals surface area contributed by atoms with Crippen molar-refractivity contribution in [2.75, 3.05) is 46.3 Å². The number of benzene rings is 1. The summed E-state index contributed by atoms with van der Waals surface area (Å²) in [6.45, 7) is 1.41. The van der Waals surface area contributed by atoms with E-state index in [0.29, 0.717) is 29.8 Å². The van der Waals surface area contributed by atoms with Crippen molar-refractivity contribution in [3.05, 3.63) is 18.2 Å². The Labute approximate surface area is 157 Å². The molecule has 3 aliphatic rings. The molecule has 3 amide bonds. The SMILES string of the molecule is COc1ccc(OC)c(N2CCC[N+]3=C2N=C2C3C(=O)N(C)C(=O)N2C)c1. The van der Waals surface area contributed by atoms with Crippen LogP contribution < -0.4 is 14.4 Å². The van der Waals surface area contributed by atoms with Crippen molar-refractivity contribution in [3.8, 4) is 11.5 Å². The summed E-state index contributed by atoms with van der Waals surface area (Å²) in [5, 5.41) is 0. The third-order valence-corrected chi connectivity index (χ3v) is 5.21. The number of amides is 3. The van der Waals surface area contributed by atoms with Gasteiger partial charge in [-0.2, -0.15) is 0 Å². The second kappa shape index (κ2) is 6.26. The highest BCUT2D eigenvalue weighted by atomic mass is 16.5. The first-order valence-electron chi connectivity index (χ1n) is 8.75. The lowest BCUT2D eigenvalue weighted by atomic mass is 10.1. The van der Waals surface area contributed by atoms with E-state index in [1.54, 1.807) is 21.3 Å². The van der Waals surface area contributed by atoms with Gasteiger partial charge in [-0.15, -0.1) is 0 Å². The largest absolute Gasteiger partial charge is 0.497 e. The number of anilines is 1. The summed E-state index contributed by atoms with van der Waals surface area (Å²) < 4.78 is 12.8. The zero-order valence-electron chi connectivity index (χ0n) is 15.8. The zero-order chi connectivity index (χ0) is 19.3. The van der Waals surface area contributed by atoms with Gasteiger partial charge in [0, 0.05) is 26.6 Å². The van der Waals surface area contributed by atoms with E-state index in [1.807, 2.05) is 27.7 Å². The standard InChI is InChI=1S/C18H22N5O4/c1-20-15-14(16(24)21(2)18(20)25)23-9-5-8-22(17(23)19-15)12-10-11(26-3)6-7-13(12)27-4/h6-7,10,14H,5,8-9H2,1-4H3/q+1. The molecule has 3 aliphatic heterocycles. The van der Waals surface area contributed by atoms with Crippen molar-refractivity contribution in [2.45, 2.75) is 12.5 Å². The maximum Gasteiger partial charge on any atom is 0.397 e. The minimum absolute atomic E-state index is 0.258. The van der Waals surface area contributed by atoms with Gasteiger partial charge in [0.05, 0.1) is 27.3 Å². The molecule has 0 aromatic heterocycles. The molecule has 0 radical (unpaired) electrons. The van der Waals surface area contributed by atoms with Crippen molar-refractivity contribution < 1.29 is 23.6 Å². The monoisotopic (exact) mass is 372 g/mol. The summed E-state index contributed by atoms with van der Waals surface area (Å²) in [7, 11) is 6.37. The van der Waals surface area contributed by atoms with Gasteiger partial charge in [-0.25, -0.2) is 14.3 Å². The normalized spacial score (nSPS) is 22.0. The van der Waals surface area contributed by atoms with Gasteiger partial charge in [-0.3, -0.25) is 14.6 Å². The topological polar surface area (TPSA) is 77.7 Å². The summed E-state index contributed by atoms with van der Waals surface area (Å²) in [5.41, 5.74) is 0.814. The molecule has 1 fully saturated rings. The Kier molecular flexibility index (Phi) is 4.01. The fourth-order valence-corrected chi connectivity index (χ4v) is 3.77. The number of ether oxygens (including phenoxy) is 2. The van der Waals surface area contributed by atoms with Gasteiger partial charge in [-0.1, -0.05) is 4.99 Å². The number of nitrogens with zero attached hydrogens (tertiary/aromatic N) is 5. The molecule has 142 valence electrons. The summed E-state index contributed by atoms with van der Waals surface area (Å²) in [6.07, 6.45) is 0.845. The van der Waals surface area contributed by atoms with E-state index in [1.165, 1.54) is 11.9 Å². The molecular formula is C18H22N5O4+. The third kappa shape index (κ3) is 2.45. The van der Waals surface area contributed by atoms with Crippen molar-refractivity contribution in [1.82, 2.24) is 9.80 Å². The molecule has 0 spiro atoms. The molecule has 1 atom stereocenters. The predicted molar refractivity (Wildman–Crippen MR) is 98.8 cm³/mol. The number of hydrogen-bond acceptors (Lipinski definition) is 6. The molecule has 0 bridgehead atoms. The number of carbonyl (C=O) groups is 2. The van der Waals surface area contributed by atoms with Gasteiger partial charge in [0.25, 0.3) is 5.91 Å². The van der Waals surface area contributed by atoms with Crippen LogP contribution in [-0.4, -0.2) is 85.6 Å². The maximum atomic E-state index is 12.8. The van der Waals surface area contributed by atoms with Crippen LogP contribution in [-0.2, 0) is 4.79 Å². The Bertz CT molecular complexity index is 894. The van der Waals surface area contributed by atoms with Crippen LogP contribution in [0, 0.1) is 0 Å². The van der Waals surface area contributed by atoms with Gasteiger partial charge in [0.15, 0.2) is 5.75 Å². The number of aliphatic imine (C=N–C) groups is 1. The fourth-order valence-electron chi connectivity index (χ4n) is 3.77. The molecule has 4 rings (SSSR count). The first kappa shape index (κ1) is 17.3. The van der Waals surface area contributed by atoms with E-state index in [4.69, 9.17) is 9.47 Å². The second-order valence-corrected chi connectivity index (χ2v) is 6.65. The van der Waals surface area contributed by atoms with Crippen LogP contribution >= 0.6 is 0 Å². The average Bonchev–Trinajstić information content (AvgIpc) is 3.10. The highest BCUT2D eigenvalue weighted by Gasteiger charge is 2.53. The Balaban J connectivity index is 1.82. The average molecular weight is 372 g/mol. The summed E-state index contributed by atoms with van der Waals surface area (Å²) in [5.74, 6) is 2.25. The summed E-state index contributed by atoms with van der Waals surface area (Å²) in [6, 6.07) is 4.62.